The third-order valence-electron chi connectivity index (χ3n) is 4.96. The zero-order valence-corrected chi connectivity index (χ0v) is 15.9. The molecule has 0 aromatic rings. The predicted octanol–water partition coefficient (Wildman–Crippen LogP) is 3.19. The highest BCUT2D eigenvalue weighted by Crippen LogP contribution is 2.15. The lowest BCUT2D eigenvalue weighted by Gasteiger charge is -2.17. The number of amidine groups is 1. The fraction of sp³-hybridized carbons (Fsp3) is 0.842. The molecule has 25 heavy (non-hydrogen) atoms. The Kier molecular flexibility index (Phi) is 10.2. The van der Waals surface area contributed by atoms with Gasteiger partial charge in [0.15, 0.2) is 12.6 Å². The monoisotopic (exact) mass is 355 g/mol. The molecule has 0 fully saturated rings. The second-order valence-corrected chi connectivity index (χ2v) is 7.02. The molecule has 0 aliphatic carbocycles. The highest BCUT2D eigenvalue weighted by atomic mass is 16.4. The smallest absolute Gasteiger partial charge is 0.348 e. The number of hydrogen-bond donors (Lipinski definition) is 2. The summed E-state index contributed by atoms with van der Waals surface area (Å²) in [5.41, 5.74) is 0. The topological polar surface area (TPSA) is 80.9 Å². The third-order valence-corrected chi connectivity index (χ3v) is 4.96. The minimum absolute atomic E-state index is 0.0460. The van der Waals surface area contributed by atoms with Crippen molar-refractivity contribution in [2.75, 3.05) is 19.6 Å². The Balaban J connectivity index is 2.41. The first-order valence-electron chi connectivity index (χ1n) is 9.79. The largest absolute Gasteiger partial charge is 0.478 e. The van der Waals surface area contributed by atoms with E-state index in [4.69, 9.17) is 5.11 Å². The molecule has 6 nitrogen and oxygen atoms in total. The van der Waals surface area contributed by atoms with Crippen LogP contribution in [0.25, 0.3) is 0 Å². The lowest BCUT2D eigenvalue weighted by atomic mass is 10.1. The van der Waals surface area contributed by atoms with Gasteiger partial charge < -0.3 is 10.2 Å². The Hall–Kier alpha value is -1.59. The highest BCUT2D eigenvalue weighted by Gasteiger charge is 2.37. The molecule has 1 heterocycles. The molecule has 0 bridgehead atoms. The molecule has 2 N–H and O–H groups in total. The van der Waals surface area contributed by atoms with E-state index in [0.717, 1.165) is 25.1 Å². The van der Waals surface area contributed by atoms with E-state index in [1.54, 1.807) is 6.92 Å². The third kappa shape index (κ3) is 7.88. The predicted molar refractivity (Wildman–Crippen MR) is 98.3 cm³/mol. The average molecular weight is 355 g/mol. The van der Waals surface area contributed by atoms with E-state index in [9.17, 15) is 14.7 Å². The van der Waals surface area contributed by atoms with Gasteiger partial charge in [0, 0.05) is 6.42 Å². The molecule has 0 spiro atoms. The number of carbonyl (C=O) groups is 2. The van der Waals surface area contributed by atoms with E-state index < -0.39 is 18.0 Å². The normalized spacial score (nSPS) is 15.7. The molecular formula is C19H35N2O4+. The lowest BCUT2D eigenvalue weighted by Crippen LogP contribution is -2.42. The van der Waals surface area contributed by atoms with E-state index in [0.29, 0.717) is 13.1 Å². The molecule has 1 atom stereocenters. The summed E-state index contributed by atoms with van der Waals surface area (Å²) in [5.74, 6) is -0.837. The van der Waals surface area contributed by atoms with Crippen LogP contribution >= 0.6 is 0 Å². The second kappa shape index (κ2) is 11.9. The van der Waals surface area contributed by atoms with Crippen molar-refractivity contribution < 1.29 is 24.4 Å². The molecule has 1 aliphatic heterocycles. The van der Waals surface area contributed by atoms with Gasteiger partial charge in [-0.05, 0) is 13.3 Å². The van der Waals surface area contributed by atoms with Gasteiger partial charge in [-0.2, -0.15) is 0 Å². The summed E-state index contributed by atoms with van der Waals surface area (Å²) in [6, 6.07) is -0.604. The van der Waals surface area contributed by atoms with Crippen molar-refractivity contribution in [3.8, 4) is 0 Å². The van der Waals surface area contributed by atoms with E-state index >= 15 is 0 Å². The number of aliphatic carboxylic acids is 2. The zero-order valence-electron chi connectivity index (χ0n) is 15.9. The number of unbranched alkanes of at least 4 members (excludes halogenated alkanes) is 8. The van der Waals surface area contributed by atoms with Crippen molar-refractivity contribution >= 4 is 17.8 Å². The van der Waals surface area contributed by atoms with Gasteiger partial charge >= 0.3 is 11.9 Å². The summed E-state index contributed by atoms with van der Waals surface area (Å²) in [5, 5.41) is 18.3. The molecule has 0 aromatic carbocycles. The van der Waals surface area contributed by atoms with Gasteiger partial charge in [0.05, 0.1) is 0 Å². The van der Waals surface area contributed by atoms with Crippen LogP contribution in [0.3, 0.4) is 0 Å². The molecule has 144 valence electrons. The van der Waals surface area contributed by atoms with Crippen LogP contribution in [-0.2, 0) is 9.59 Å². The van der Waals surface area contributed by atoms with E-state index in [2.05, 4.69) is 6.92 Å². The Morgan fingerprint density at radius 1 is 1.04 bits per heavy atom. The van der Waals surface area contributed by atoms with Crippen LogP contribution in [-0.4, -0.2) is 63.1 Å². The molecule has 1 rings (SSSR count). The first-order valence-corrected chi connectivity index (χ1v) is 9.79. The summed E-state index contributed by atoms with van der Waals surface area (Å²) < 4.78 is 1.83. The number of rotatable bonds is 14. The Morgan fingerprint density at radius 2 is 1.60 bits per heavy atom. The van der Waals surface area contributed by atoms with Crippen molar-refractivity contribution in [1.29, 1.82) is 0 Å². The highest BCUT2D eigenvalue weighted by molar-refractivity contribution is 5.85. The number of hydrogen-bond acceptors (Lipinski definition) is 3. The Bertz CT molecular complexity index is 462. The molecule has 6 heteroatoms. The summed E-state index contributed by atoms with van der Waals surface area (Å²) in [6.07, 6.45) is 11.9. The summed E-state index contributed by atoms with van der Waals surface area (Å²) >= 11 is 0. The van der Waals surface area contributed by atoms with Crippen molar-refractivity contribution in [2.45, 2.75) is 84.1 Å². The van der Waals surface area contributed by atoms with Crippen LogP contribution in [0.2, 0.25) is 0 Å². The van der Waals surface area contributed by atoms with Crippen LogP contribution in [0, 0.1) is 0 Å². The molecule has 1 aliphatic rings. The van der Waals surface area contributed by atoms with Gasteiger partial charge in [0.2, 0.25) is 5.84 Å². The maximum atomic E-state index is 11.3. The zero-order chi connectivity index (χ0) is 18.7. The van der Waals surface area contributed by atoms with Gasteiger partial charge in [-0.1, -0.05) is 58.3 Å². The molecular weight excluding hydrogens is 320 g/mol. The fourth-order valence-corrected chi connectivity index (χ4v) is 3.45. The molecule has 0 radical (unpaired) electrons. The first-order chi connectivity index (χ1) is 12.0. The fourth-order valence-electron chi connectivity index (χ4n) is 3.45. The number of carboxylic acids is 2. The van der Waals surface area contributed by atoms with Gasteiger partial charge in [0.1, 0.15) is 13.1 Å². The van der Waals surface area contributed by atoms with Crippen LogP contribution in [0.15, 0.2) is 0 Å². The van der Waals surface area contributed by atoms with Crippen molar-refractivity contribution in [3.63, 3.8) is 0 Å². The first kappa shape index (κ1) is 21.5. The van der Waals surface area contributed by atoms with Crippen molar-refractivity contribution in [2.24, 2.45) is 0 Å². The quantitative estimate of drug-likeness (QED) is 0.369. The molecule has 0 saturated carbocycles. The second-order valence-electron chi connectivity index (χ2n) is 7.02. The number of nitrogens with zero attached hydrogens (tertiary/aromatic N) is 2. The van der Waals surface area contributed by atoms with Crippen molar-refractivity contribution in [3.05, 3.63) is 0 Å². The molecule has 0 saturated heterocycles. The minimum atomic E-state index is -0.866. The summed E-state index contributed by atoms with van der Waals surface area (Å²) in [4.78, 5) is 24.2. The van der Waals surface area contributed by atoms with Gasteiger partial charge in [-0.25, -0.2) is 14.5 Å². The molecule has 0 amide bonds. The van der Waals surface area contributed by atoms with Gasteiger partial charge in [0.25, 0.3) is 0 Å². The van der Waals surface area contributed by atoms with E-state index in [1.807, 2.05) is 9.48 Å². The maximum Gasteiger partial charge on any atom is 0.348 e. The number of carboxylic acid groups (broad SMARTS) is 2. The molecule has 1 unspecified atom stereocenters. The SMILES string of the molecule is CCCCCCCCCCCC1=[N+](CC(=O)O)CCN1C(C)C(=O)O. The average Bonchev–Trinajstić information content (AvgIpc) is 2.94. The van der Waals surface area contributed by atoms with Crippen LogP contribution in [0.4, 0.5) is 0 Å². The van der Waals surface area contributed by atoms with Gasteiger partial charge in [-0.15, -0.1) is 0 Å². The van der Waals surface area contributed by atoms with Crippen LogP contribution < -0.4 is 0 Å². The standard InChI is InChI=1S/C19H34N2O4/c1-3-4-5-6-7-8-9-10-11-12-17-20(15-18(22)23)13-14-21(17)16(2)19(24)25/h16H,3-15H2,1-2H3,(H-,22,23,24,25)/p+1. The van der Waals surface area contributed by atoms with E-state index in [1.165, 1.54) is 44.9 Å². The minimum Gasteiger partial charge on any atom is -0.478 e. The van der Waals surface area contributed by atoms with Crippen LogP contribution in [0.5, 0.6) is 0 Å². The van der Waals surface area contributed by atoms with Crippen LogP contribution in [0.1, 0.15) is 78.1 Å². The van der Waals surface area contributed by atoms with E-state index in [-0.39, 0.29) is 6.54 Å². The molecule has 0 aromatic heterocycles. The summed E-state index contributed by atoms with van der Waals surface area (Å²) in [7, 11) is 0. The lowest BCUT2D eigenvalue weighted by molar-refractivity contribution is -0.509. The van der Waals surface area contributed by atoms with Crippen molar-refractivity contribution in [1.82, 2.24) is 4.90 Å². The maximum absolute atomic E-state index is 11.3. The Labute approximate surface area is 151 Å². The summed E-state index contributed by atoms with van der Waals surface area (Å²) in [6.45, 7) is 5.03. The Morgan fingerprint density at radius 3 is 2.12 bits per heavy atom. The van der Waals surface area contributed by atoms with Gasteiger partial charge in [-0.3, -0.25) is 4.58 Å².